The van der Waals surface area contributed by atoms with Gasteiger partial charge in [0, 0.05) is 19.2 Å². The highest BCUT2D eigenvalue weighted by atomic mass is 16.3. The van der Waals surface area contributed by atoms with Gasteiger partial charge in [0.1, 0.15) is 5.60 Å². The van der Waals surface area contributed by atoms with E-state index in [0.29, 0.717) is 12.5 Å². The van der Waals surface area contributed by atoms with Crippen molar-refractivity contribution in [1.29, 1.82) is 0 Å². The summed E-state index contributed by atoms with van der Waals surface area (Å²) in [6, 6.07) is 12.0. The number of hydrogen-bond acceptors (Lipinski definition) is 3. The van der Waals surface area contributed by atoms with Crippen LogP contribution in [0.15, 0.2) is 42.6 Å². The van der Waals surface area contributed by atoms with Crippen LogP contribution >= 0.6 is 0 Å². The molecule has 0 aliphatic rings. The number of aliphatic hydroxyl groups is 1. The fourth-order valence-corrected chi connectivity index (χ4v) is 2.68. The Kier molecular flexibility index (Phi) is 5.15. The largest absolute Gasteiger partial charge is 0.383 e. The number of nitrogens with zero attached hydrogens (tertiary/aromatic N) is 2. The van der Waals surface area contributed by atoms with E-state index in [0.717, 1.165) is 24.1 Å². The Balaban J connectivity index is 2.19. The Morgan fingerprint density at radius 1 is 1.19 bits per heavy atom. The van der Waals surface area contributed by atoms with Crippen LogP contribution in [0, 0.1) is 0 Å². The maximum Gasteiger partial charge on any atom is 0.107 e. The van der Waals surface area contributed by atoms with E-state index in [4.69, 9.17) is 5.73 Å². The Labute approximate surface area is 126 Å². The Bertz CT molecular complexity index is 548. The van der Waals surface area contributed by atoms with Gasteiger partial charge in [-0.25, -0.2) is 0 Å². The second kappa shape index (κ2) is 6.87. The third kappa shape index (κ3) is 3.52. The third-order valence-corrected chi connectivity index (χ3v) is 4.10. The van der Waals surface area contributed by atoms with Gasteiger partial charge in [0.25, 0.3) is 0 Å². The summed E-state index contributed by atoms with van der Waals surface area (Å²) in [6.45, 7) is 4.50. The number of nitrogens with two attached hydrogens (primary N) is 1. The average molecular weight is 287 g/mol. The molecule has 1 atom stereocenters. The summed E-state index contributed by atoms with van der Waals surface area (Å²) in [4.78, 5) is 0. The van der Waals surface area contributed by atoms with Crippen LogP contribution in [0.4, 0.5) is 0 Å². The van der Waals surface area contributed by atoms with E-state index in [-0.39, 0.29) is 6.54 Å². The van der Waals surface area contributed by atoms with Crippen LogP contribution in [0.1, 0.15) is 44.0 Å². The molecule has 1 aromatic heterocycles. The number of hydrogen-bond donors (Lipinski definition) is 2. The van der Waals surface area contributed by atoms with Crippen molar-refractivity contribution in [3.05, 3.63) is 53.9 Å². The fraction of sp³-hybridized carbons (Fsp3) is 0.471. The highest BCUT2D eigenvalue weighted by molar-refractivity contribution is 5.25. The Hall–Kier alpha value is -1.65. The normalized spacial score (nSPS) is 14.3. The standard InChI is InChI=1S/C17H25N3O/c1-3-16(4-2)20-11-10-15(19-20)12-17(21,13-18)14-8-6-5-7-9-14/h5-11,16,21H,3-4,12-13,18H2,1-2H3. The summed E-state index contributed by atoms with van der Waals surface area (Å²) in [5, 5.41) is 15.4. The average Bonchev–Trinajstić information content (AvgIpc) is 2.97. The number of benzene rings is 1. The maximum atomic E-state index is 10.8. The SMILES string of the molecule is CCC(CC)n1ccc(CC(O)(CN)c2ccccc2)n1. The lowest BCUT2D eigenvalue weighted by Gasteiger charge is -2.26. The predicted octanol–water partition coefficient (Wildman–Crippen LogP) is 2.63. The summed E-state index contributed by atoms with van der Waals surface area (Å²) < 4.78 is 2.00. The summed E-state index contributed by atoms with van der Waals surface area (Å²) >= 11 is 0. The minimum Gasteiger partial charge on any atom is -0.383 e. The van der Waals surface area contributed by atoms with Gasteiger partial charge in [0.2, 0.25) is 0 Å². The third-order valence-electron chi connectivity index (χ3n) is 4.10. The van der Waals surface area contributed by atoms with Crippen molar-refractivity contribution in [1.82, 2.24) is 9.78 Å². The molecule has 1 aromatic carbocycles. The molecule has 3 N–H and O–H groups in total. The first-order valence-corrected chi connectivity index (χ1v) is 7.65. The van der Waals surface area contributed by atoms with Gasteiger partial charge >= 0.3 is 0 Å². The van der Waals surface area contributed by atoms with Gasteiger partial charge < -0.3 is 10.8 Å². The lowest BCUT2D eigenvalue weighted by Crippen LogP contribution is -2.37. The highest BCUT2D eigenvalue weighted by Crippen LogP contribution is 2.25. The molecule has 1 unspecified atom stereocenters. The molecule has 0 aliphatic heterocycles. The van der Waals surface area contributed by atoms with Crippen LogP contribution < -0.4 is 5.73 Å². The van der Waals surface area contributed by atoms with Crippen LogP contribution in [-0.2, 0) is 12.0 Å². The summed E-state index contributed by atoms with van der Waals surface area (Å²) in [5.74, 6) is 0. The molecule has 2 aromatic rings. The van der Waals surface area contributed by atoms with Gasteiger partial charge in [-0.3, -0.25) is 4.68 Å². The van der Waals surface area contributed by atoms with Crippen molar-refractivity contribution in [2.75, 3.05) is 6.54 Å². The minimum absolute atomic E-state index is 0.175. The molecule has 0 radical (unpaired) electrons. The Morgan fingerprint density at radius 2 is 1.86 bits per heavy atom. The van der Waals surface area contributed by atoms with E-state index in [2.05, 4.69) is 18.9 Å². The van der Waals surface area contributed by atoms with Gasteiger partial charge in [-0.15, -0.1) is 0 Å². The number of aromatic nitrogens is 2. The lowest BCUT2D eigenvalue weighted by molar-refractivity contribution is 0.0450. The Morgan fingerprint density at radius 3 is 2.43 bits per heavy atom. The van der Waals surface area contributed by atoms with Gasteiger partial charge in [-0.2, -0.15) is 5.10 Å². The van der Waals surface area contributed by atoms with Gasteiger partial charge in [-0.1, -0.05) is 44.2 Å². The van der Waals surface area contributed by atoms with Crippen molar-refractivity contribution in [3.63, 3.8) is 0 Å². The van der Waals surface area contributed by atoms with Crippen molar-refractivity contribution in [2.45, 2.75) is 44.8 Å². The highest BCUT2D eigenvalue weighted by Gasteiger charge is 2.29. The van der Waals surface area contributed by atoms with Gasteiger partial charge in [0.15, 0.2) is 0 Å². The maximum absolute atomic E-state index is 10.8. The summed E-state index contributed by atoms with van der Waals surface area (Å²) in [7, 11) is 0. The molecule has 2 rings (SSSR count). The fourth-order valence-electron chi connectivity index (χ4n) is 2.68. The first-order valence-electron chi connectivity index (χ1n) is 7.65. The monoisotopic (exact) mass is 287 g/mol. The van der Waals surface area contributed by atoms with E-state index in [9.17, 15) is 5.11 Å². The van der Waals surface area contributed by atoms with Crippen molar-refractivity contribution in [3.8, 4) is 0 Å². The second-order valence-corrected chi connectivity index (χ2v) is 5.54. The van der Waals surface area contributed by atoms with E-state index in [1.54, 1.807) is 0 Å². The summed E-state index contributed by atoms with van der Waals surface area (Å²) in [5.41, 5.74) is 6.47. The molecule has 0 saturated carbocycles. The molecule has 114 valence electrons. The molecule has 21 heavy (non-hydrogen) atoms. The van der Waals surface area contributed by atoms with E-state index < -0.39 is 5.60 Å². The molecule has 0 amide bonds. The zero-order valence-corrected chi connectivity index (χ0v) is 12.9. The van der Waals surface area contributed by atoms with Crippen LogP contribution in [0.5, 0.6) is 0 Å². The predicted molar refractivity (Wildman–Crippen MR) is 84.9 cm³/mol. The number of rotatable bonds is 7. The van der Waals surface area contributed by atoms with Crippen LogP contribution in [0.3, 0.4) is 0 Å². The molecule has 0 fully saturated rings. The van der Waals surface area contributed by atoms with Crippen molar-refractivity contribution < 1.29 is 5.11 Å². The first kappa shape index (κ1) is 15.7. The second-order valence-electron chi connectivity index (χ2n) is 5.54. The smallest absolute Gasteiger partial charge is 0.107 e. The van der Waals surface area contributed by atoms with E-state index >= 15 is 0 Å². The molecular formula is C17H25N3O. The van der Waals surface area contributed by atoms with Crippen LogP contribution in [0.2, 0.25) is 0 Å². The molecular weight excluding hydrogens is 262 g/mol. The van der Waals surface area contributed by atoms with E-state index in [1.165, 1.54) is 0 Å². The molecule has 0 saturated heterocycles. The topological polar surface area (TPSA) is 64.1 Å². The van der Waals surface area contributed by atoms with Gasteiger partial charge in [-0.05, 0) is 24.5 Å². The van der Waals surface area contributed by atoms with Gasteiger partial charge in [0.05, 0.1) is 11.7 Å². The molecule has 4 nitrogen and oxygen atoms in total. The molecule has 0 aliphatic carbocycles. The lowest BCUT2D eigenvalue weighted by atomic mass is 9.89. The minimum atomic E-state index is -1.06. The zero-order valence-electron chi connectivity index (χ0n) is 12.9. The zero-order chi connectivity index (χ0) is 15.3. The molecule has 0 bridgehead atoms. The molecule has 4 heteroatoms. The quantitative estimate of drug-likeness (QED) is 0.823. The van der Waals surface area contributed by atoms with E-state index in [1.807, 2.05) is 47.3 Å². The van der Waals surface area contributed by atoms with Crippen LogP contribution in [-0.4, -0.2) is 21.4 Å². The van der Waals surface area contributed by atoms with Crippen molar-refractivity contribution >= 4 is 0 Å². The van der Waals surface area contributed by atoms with Crippen LogP contribution in [0.25, 0.3) is 0 Å². The summed E-state index contributed by atoms with van der Waals surface area (Å²) in [6.07, 6.45) is 4.53. The molecule has 1 heterocycles. The molecule has 0 spiro atoms. The first-order chi connectivity index (χ1) is 10.1. The van der Waals surface area contributed by atoms with Crippen molar-refractivity contribution in [2.24, 2.45) is 5.73 Å².